The summed E-state index contributed by atoms with van der Waals surface area (Å²) >= 11 is 3.25. The van der Waals surface area contributed by atoms with Crippen LogP contribution in [0.3, 0.4) is 0 Å². The fourth-order valence-electron chi connectivity index (χ4n) is 2.08. The van der Waals surface area contributed by atoms with Crippen molar-refractivity contribution >= 4 is 31.6 Å². The zero-order valence-electron chi connectivity index (χ0n) is 12.0. The van der Waals surface area contributed by atoms with Crippen molar-refractivity contribution in [1.82, 2.24) is 0 Å². The highest BCUT2D eigenvalue weighted by atomic mass is 79.9. The summed E-state index contributed by atoms with van der Waals surface area (Å²) in [7, 11) is -4.09. The molecule has 0 spiro atoms. The van der Waals surface area contributed by atoms with E-state index in [1.165, 1.54) is 0 Å². The minimum atomic E-state index is -4.60. The first-order chi connectivity index (χ1) is 10.7. The molecule has 23 heavy (non-hydrogen) atoms. The first-order valence-electron chi connectivity index (χ1n) is 6.62. The van der Waals surface area contributed by atoms with Gasteiger partial charge in [0.05, 0.1) is 16.1 Å². The Balaban J connectivity index is 2.52. The number of rotatable bonds is 4. The summed E-state index contributed by atoms with van der Waals surface area (Å²) < 4.78 is 65.5. The number of anilines is 1. The van der Waals surface area contributed by atoms with Gasteiger partial charge in [-0.1, -0.05) is 28.1 Å². The molecule has 0 saturated heterocycles. The normalized spacial score (nSPS) is 12.2. The second-order valence-electron chi connectivity index (χ2n) is 4.68. The van der Waals surface area contributed by atoms with Gasteiger partial charge in [-0.05, 0) is 43.3 Å². The lowest BCUT2D eigenvalue weighted by Gasteiger charge is -2.23. The second kappa shape index (κ2) is 6.52. The molecule has 124 valence electrons. The second-order valence-corrected chi connectivity index (χ2v) is 7.45. The highest BCUT2D eigenvalue weighted by molar-refractivity contribution is 9.10. The molecule has 0 atom stereocenters. The molecule has 0 saturated carbocycles. The van der Waals surface area contributed by atoms with Crippen LogP contribution in [-0.2, 0) is 16.2 Å². The Morgan fingerprint density at radius 1 is 1.09 bits per heavy atom. The van der Waals surface area contributed by atoms with Crippen LogP contribution in [-0.4, -0.2) is 15.0 Å². The smallest absolute Gasteiger partial charge is 0.267 e. The van der Waals surface area contributed by atoms with Crippen LogP contribution in [0.15, 0.2) is 57.9 Å². The highest BCUT2D eigenvalue weighted by Gasteiger charge is 2.32. The average Bonchev–Trinajstić information content (AvgIpc) is 2.47. The SMILES string of the molecule is CCN(c1cccc(Br)c1)S(=O)(=O)c1cccc(C(F)(F)F)c1. The summed E-state index contributed by atoms with van der Waals surface area (Å²) in [6.45, 7) is 1.71. The third-order valence-corrected chi connectivity index (χ3v) is 5.52. The first kappa shape index (κ1) is 17.8. The minimum absolute atomic E-state index is 0.0923. The van der Waals surface area contributed by atoms with Crippen LogP contribution < -0.4 is 4.31 Å². The molecule has 0 amide bonds. The van der Waals surface area contributed by atoms with E-state index in [0.717, 1.165) is 22.5 Å². The summed E-state index contributed by atoms with van der Waals surface area (Å²) in [5.41, 5.74) is -0.622. The molecule has 0 fully saturated rings. The Labute approximate surface area is 140 Å². The Kier molecular flexibility index (Phi) is 5.05. The molecular formula is C15H13BrF3NO2S. The molecule has 0 aromatic heterocycles. The van der Waals surface area contributed by atoms with Crippen LogP contribution >= 0.6 is 15.9 Å². The number of halogens is 4. The fraction of sp³-hybridized carbons (Fsp3) is 0.200. The number of nitrogens with zero attached hydrogens (tertiary/aromatic N) is 1. The predicted molar refractivity (Wildman–Crippen MR) is 85.8 cm³/mol. The van der Waals surface area contributed by atoms with E-state index in [1.807, 2.05) is 0 Å². The fourth-order valence-corrected chi connectivity index (χ4v) is 3.98. The van der Waals surface area contributed by atoms with Crippen LogP contribution in [0.1, 0.15) is 12.5 Å². The van der Waals surface area contributed by atoms with Crippen LogP contribution in [0.25, 0.3) is 0 Å². The van der Waals surface area contributed by atoms with E-state index in [2.05, 4.69) is 15.9 Å². The molecule has 2 aromatic rings. The molecule has 0 radical (unpaired) electrons. The van der Waals surface area contributed by atoms with Crippen LogP contribution in [0, 0.1) is 0 Å². The molecule has 0 aliphatic carbocycles. The van der Waals surface area contributed by atoms with Crippen LogP contribution in [0.5, 0.6) is 0 Å². The molecule has 3 nitrogen and oxygen atoms in total. The molecule has 2 aromatic carbocycles. The van der Waals surface area contributed by atoms with Gasteiger partial charge >= 0.3 is 6.18 Å². The molecular weight excluding hydrogens is 395 g/mol. The topological polar surface area (TPSA) is 37.4 Å². The van der Waals surface area contributed by atoms with Crippen molar-refractivity contribution in [3.8, 4) is 0 Å². The Hall–Kier alpha value is -1.54. The Morgan fingerprint density at radius 3 is 2.30 bits per heavy atom. The van der Waals surface area contributed by atoms with Crippen molar-refractivity contribution in [1.29, 1.82) is 0 Å². The van der Waals surface area contributed by atoms with Gasteiger partial charge in [-0.25, -0.2) is 8.42 Å². The standard InChI is InChI=1S/C15H13BrF3NO2S/c1-2-20(13-7-4-6-12(16)10-13)23(21,22)14-8-3-5-11(9-14)15(17,18)19/h3-10H,2H2,1H3. The quantitative estimate of drug-likeness (QED) is 0.737. The maximum absolute atomic E-state index is 12.8. The van der Waals surface area contributed by atoms with E-state index < -0.39 is 26.7 Å². The lowest BCUT2D eigenvalue weighted by Crippen LogP contribution is -2.31. The van der Waals surface area contributed by atoms with Gasteiger partial charge in [-0.3, -0.25) is 4.31 Å². The van der Waals surface area contributed by atoms with Gasteiger partial charge in [0.25, 0.3) is 10.0 Å². The van der Waals surface area contributed by atoms with Crippen LogP contribution in [0.4, 0.5) is 18.9 Å². The predicted octanol–water partition coefficient (Wildman–Crippen LogP) is 4.68. The van der Waals surface area contributed by atoms with Crippen molar-refractivity contribution in [2.45, 2.75) is 18.0 Å². The van der Waals surface area contributed by atoms with Crippen molar-refractivity contribution < 1.29 is 21.6 Å². The van der Waals surface area contributed by atoms with Crippen molar-refractivity contribution in [2.75, 3.05) is 10.8 Å². The number of sulfonamides is 1. The Bertz CT molecular complexity index is 806. The molecule has 0 aliphatic rings. The van der Waals surface area contributed by atoms with E-state index in [4.69, 9.17) is 0 Å². The van der Waals surface area contributed by atoms with E-state index in [9.17, 15) is 21.6 Å². The minimum Gasteiger partial charge on any atom is -0.267 e. The summed E-state index contributed by atoms with van der Waals surface area (Å²) in [5, 5.41) is 0. The highest BCUT2D eigenvalue weighted by Crippen LogP contribution is 2.32. The average molecular weight is 408 g/mol. The van der Waals surface area contributed by atoms with E-state index in [1.54, 1.807) is 31.2 Å². The molecule has 0 aliphatic heterocycles. The van der Waals surface area contributed by atoms with Crippen LogP contribution in [0.2, 0.25) is 0 Å². The Morgan fingerprint density at radius 2 is 1.74 bits per heavy atom. The van der Waals surface area contributed by atoms with E-state index >= 15 is 0 Å². The van der Waals surface area contributed by atoms with E-state index in [-0.39, 0.29) is 6.54 Å². The van der Waals surface area contributed by atoms with Gasteiger partial charge in [-0.15, -0.1) is 0 Å². The number of benzene rings is 2. The van der Waals surface area contributed by atoms with Gasteiger partial charge in [0, 0.05) is 11.0 Å². The van der Waals surface area contributed by atoms with Crippen molar-refractivity contribution in [2.24, 2.45) is 0 Å². The molecule has 0 heterocycles. The van der Waals surface area contributed by atoms with E-state index in [0.29, 0.717) is 16.2 Å². The largest absolute Gasteiger partial charge is 0.416 e. The molecule has 0 bridgehead atoms. The van der Waals surface area contributed by atoms with Gasteiger partial charge in [-0.2, -0.15) is 13.2 Å². The summed E-state index contributed by atoms with van der Waals surface area (Å²) in [6, 6.07) is 10.3. The summed E-state index contributed by atoms with van der Waals surface area (Å²) in [6.07, 6.45) is -4.60. The van der Waals surface area contributed by atoms with Gasteiger partial charge in [0.2, 0.25) is 0 Å². The molecule has 2 rings (SSSR count). The monoisotopic (exact) mass is 407 g/mol. The first-order valence-corrected chi connectivity index (χ1v) is 8.85. The third kappa shape index (κ3) is 3.87. The van der Waals surface area contributed by atoms with Gasteiger partial charge in [0.1, 0.15) is 0 Å². The van der Waals surface area contributed by atoms with Crippen molar-refractivity contribution in [3.05, 3.63) is 58.6 Å². The lowest BCUT2D eigenvalue weighted by atomic mass is 10.2. The zero-order valence-corrected chi connectivity index (χ0v) is 14.4. The maximum Gasteiger partial charge on any atom is 0.416 e. The summed E-state index contributed by atoms with van der Waals surface area (Å²) in [4.78, 5) is -0.394. The van der Waals surface area contributed by atoms with Gasteiger partial charge in [0.15, 0.2) is 0 Å². The van der Waals surface area contributed by atoms with Crippen molar-refractivity contribution in [3.63, 3.8) is 0 Å². The van der Waals surface area contributed by atoms with Gasteiger partial charge < -0.3 is 0 Å². The molecule has 0 N–H and O–H groups in total. The number of hydrogen-bond donors (Lipinski definition) is 0. The maximum atomic E-state index is 12.8. The number of alkyl halides is 3. The lowest BCUT2D eigenvalue weighted by molar-refractivity contribution is -0.137. The summed E-state index contributed by atoms with van der Waals surface area (Å²) in [5.74, 6) is 0. The zero-order chi connectivity index (χ0) is 17.3. The number of hydrogen-bond acceptors (Lipinski definition) is 2. The third-order valence-electron chi connectivity index (χ3n) is 3.13. The molecule has 8 heteroatoms. The molecule has 0 unspecified atom stereocenters.